The molecule has 0 radical (unpaired) electrons. The Balaban J connectivity index is 2.68. The summed E-state index contributed by atoms with van der Waals surface area (Å²) in [6.45, 7) is 4.92. The molecule has 0 unspecified atom stereocenters. The van der Waals surface area contributed by atoms with Gasteiger partial charge in [0, 0.05) is 5.56 Å². The number of nitrogens with zero attached hydrogens (tertiary/aromatic N) is 1. The van der Waals surface area contributed by atoms with E-state index in [0.29, 0.717) is 23.8 Å². The lowest BCUT2D eigenvalue weighted by Crippen LogP contribution is -2.26. The lowest BCUT2D eigenvalue weighted by Gasteiger charge is -2.33. The van der Waals surface area contributed by atoms with Crippen LogP contribution in [-0.2, 0) is 10.2 Å². The molecule has 1 aromatic carbocycles. The first-order valence-electron chi connectivity index (χ1n) is 5.52. The molecule has 90 valence electrons. The maximum atomic E-state index is 10.5. The second-order valence-electron chi connectivity index (χ2n) is 4.68. The number of hydrogen-bond donors (Lipinski definition) is 0. The molecule has 0 atom stereocenters. The maximum Gasteiger partial charge on any atom is 0.240 e. The van der Waals surface area contributed by atoms with Crippen LogP contribution in [0.3, 0.4) is 0 Å². The van der Waals surface area contributed by atoms with E-state index >= 15 is 0 Å². The van der Waals surface area contributed by atoms with Crippen molar-refractivity contribution in [3.63, 3.8) is 0 Å². The molecule has 0 fully saturated rings. The Labute approximate surface area is 100 Å². The molecule has 0 saturated carbocycles. The molecule has 1 heterocycles. The van der Waals surface area contributed by atoms with Gasteiger partial charge in [0.25, 0.3) is 0 Å². The summed E-state index contributed by atoms with van der Waals surface area (Å²) in [7, 11) is 1.54. The molecule has 0 N–H and O–H groups in total. The summed E-state index contributed by atoms with van der Waals surface area (Å²) in [5.41, 5.74) is 1.51. The Morgan fingerprint density at radius 2 is 2.24 bits per heavy atom. The van der Waals surface area contributed by atoms with Gasteiger partial charge in [0.2, 0.25) is 6.08 Å². The highest BCUT2D eigenvalue weighted by Crippen LogP contribution is 2.47. The largest absolute Gasteiger partial charge is 0.494 e. The van der Waals surface area contributed by atoms with Gasteiger partial charge in [-0.25, -0.2) is 4.79 Å². The Morgan fingerprint density at radius 3 is 2.88 bits per heavy atom. The topological polar surface area (TPSA) is 47.9 Å². The zero-order valence-corrected chi connectivity index (χ0v) is 10.2. The number of rotatable bonds is 2. The van der Waals surface area contributed by atoms with Crippen LogP contribution in [0.25, 0.3) is 0 Å². The Hall–Kier alpha value is -1.80. The Kier molecular flexibility index (Phi) is 2.90. The van der Waals surface area contributed by atoms with Gasteiger partial charge >= 0.3 is 0 Å². The van der Waals surface area contributed by atoms with Gasteiger partial charge in [0.15, 0.2) is 11.4 Å². The van der Waals surface area contributed by atoms with E-state index in [4.69, 9.17) is 9.47 Å². The van der Waals surface area contributed by atoms with Gasteiger partial charge in [-0.2, -0.15) is 4.99 Å². The summed E-state index contributed by atoms with van der Waals surface area (Å²) >= 11 is 0. The van der Waals surface area contributed by atoms with Crippen LogP contribution in [0.5, 0.6) is 11.5 Å². The number of fused-ring (bicyclic) bond motifs is 1. The monoisotopic (exact) mass is 233 g/mol. The van der Waals surface area contributed by atoms with Crippen molar-refractivity contribution in [2.45, 2.75) is 25.7 Å². The van der Waals surface area contributed by atoms with Gasteiger partial charge in [0.05, 0.1) is 13.7 Å². The fraction of sp³-hybridized carbons (Fsp3) is 0.462. The predicted octanol–water partition coefficient (Wildman–Crippen LogP) is 2.72. The van der Waals surface area contributed by atoms with E-state index in [0.717, 1.165) is 12.0 Å². The first-order chi connectivity index (χ1) is 8.10. The predicted molar refractivity (Wildman–Crippen MR) is 63.9 cm³/mol. The highest BCUT2D eigenvalue weighted by Gasteiger charge is 2.31. The average Bonchev–Trinajstić information content (AvgIpc) is 2.30. The number of hydrogen-bond acceptors (Lipinski definition) is 4. The van der Waals surface area contributed by atoms with Gasteiger partial charge in [0.1, 0.15) is 5.75 Å². The molecule has 17 heavy (non-hydrogen) atoms. The van der Waals surface area contributed by atoms with Crippen molar-refractivity contribution in [2.24, 2.45) is 4.99 Å². The summed E-state index contributed by atoms with van der Waals surface area (Å²) in [5, 5.41) is 0. The third-order valence-corrected chi connectivity index (χ3v) is 3.17. The molecule has 0 saturated heterocycles. The molecule has 0 bridgehead atoms. The van der Waals surface area contributed by atoms with Gasteiger partial charge in [-0.3, -0.25) is 0 Å². The van der Waals surface area contributed by atoms with Crippen molar-refractivity contribution in [3.8, 4) is 11.5 Å². The van der Waals surface area contributed by atoms with Crippen molar-refractivity contribution in [1.29, 1.82) is 0 Å². The lowest BCUT2D eigenvalue weighted by atomic mass is 9.79. The lowest BCUT2D eigenvalue weighted by molar-refractivity contribution is 0.234. The van der Waals surface area contributed by atoms with Crippen LogP contribution in [0.2, 0.25) is 0 Å². The summed E-state index contributed by atoms with van der Waals surface area (Å²) in [6.07, 6.45) is 2.49. The molecular formula is C13H15NO3. The minimum atomic E-state index is 0.0208. The third-order valence-electron chi connectivity index (χ3n) is 3.17. The minimum Gasteiger partial charge on any atom is -0.494 e. The Morgan fingerprint density at radius 1 is 1.47 bits per heavy atom. The number of carbonyl (C=O) groups excluding carboxylic acids is 1. The quantitative estimate of drug-likeness (QED) is 0.583. The molecule has 0 spiro atoms. The van der Waals surface area contributed by atoms with Crippen molar-refractivity contribution in [1.82, 2.24) is 0 Å². The van der Waals surface area contributed by atoms with Crippen molar-refractivity contribution < 1.29 is 14.3 Å². The van der Waals surface area contributed by atoms with Crippen molar-refractivity contribution in [2.75, 3.05) is 13.7 Å². The number of ether oxygens (including phenoxy) is 2. The molecular weight excluding hydrogens is 218 g/mol. The molecule has 0 amide bonds. The van der Waals surface area contributed by atoms with Crippen LogP contribution in [0, 0.1) is 0 Å². The van der Waals surface area contributed by atoms with E-state index < -0.39 is 0 Å². The van der Waals surface area contributed by atoms with E-state index in [1.807, 2.05) is 12.1 Å². The van der Waals surface area contributed by atoms with E-state index in [1.54, 1.807) is 13.2 Å². The zero-order valence-electron chi connectivity index (χ0n) is 10.2. The van der Waals surface area contributed by atoms with E-state index in [2.05, 4.69) is 18.8 Å². The maximum absolute atomic E-state index is 10.5. The molecule has 0 aliphatic carbocycles. The number of isocyanates is 1. The Bertz CT molecular complexity index is 488. The zero-order chi connectivity index (χ0) is 12.5. The molecule has 2 rings (SSSR count). The third kappa shape index (κ3) is 1.92. The second-order valence-corrected chi connectivity index (χ2v) is 4.68. The summed E-state index contributed by atoms with van der Waals surface area (Å²) < 4.78 is 10.8. The van der Waals surface area contributed by atoms with Crippen LogP contribution in [0.4, 0.5) is 5.69 Å². The van der Waals surface area contributed by atoms with Crippen molar-refractivity contribution >= 4 is 11.8 Å². The SMILES string of the molecule is COc1ccc2c(c1N=C=O)OCCC2(C)C. The van der Waals surface area contributed by atoms with Gasteiger partial charge in [-0.1, -0.05) is 19.9 Å². The molecule has 4 heteroatoms. The molecule has 1 aliphatic heterocycles. The highest BCUT2D eigenvalue weighted by molar-refractivity contribution is 5.70. The highest BCUT2D eigenvalue weighted by atomic mass is 16.5. The molecule has 4 nitrogen and oxygen atoms in total. The van der Waals surface area contributed by atoms with Crippen LogP contribution >= 0.6 is 0 Å². The smallest absolute Gasteiger partial charge is 0.240 e. The van der Waals surface area contributed by atoms with E-state index in [1.165, 1.54) is 0 Å². The first-order valence-corrected chi connectivity index (χ1v) is 5.52. The van der Waals surface area contributed by atoms with Gasteiger partial charge in [-0.05, 0) is 17.9 Å². The molecule has 0 aromatic heterocycles. The summed E-state index contributed by atoms with van der Waals surface area (Å²) in [6, 6.07) is 3.78. The summed E-state index contributed by atoms with van der Waals surface area (Å²) in [5.74, 6) is 1.17. The summed E-state index contributed by atoms with van der Waals surface area (Å²) in [4.78, 5) is 14.2. The number of benzene rings is 1. The normalized spacial score (nSPS) is 16.4. The van der Waals surface area contributed by atoms with Crippen LogP contribution in [0.1, 0.15) is 25.8 Å². The van der Waals surface area contributed by atoms with Crippen LogP contribution in [-0.4, -0.2) is 19.8 Å². The fourth-order valence-corrected chi connectivity index (χ4v) is 2.09. The first kappa shape index (κ1) is 11.7. The second kappa shape index (κ2) is 4.22. The number of aliphatic imine (C=N–C) groups is 1. The van der Waals surface area contributed by atoms with Crippen LogP contribution in [0.15, 0.2) is 17.1 Å². The molecule has 1 aliphatic rings. The van der Waals surface area contributed by atoms with Crippen molar-refractivity contribution in [3.05, 3.63) is 17.7 Å². The van der Waals surface area contributed by atoms with Gasteiger partial charge in [-0.15, -0.1) is 0 Å². The van der Waals surface area contributed by atoms with E-state index in [-0.39, 0.29) is 5.41 Å². The molecule has 1 aromatic rings. The average molecular weight is 233 g/mol. The standard InChI is InChI=1S/C13H15NO3/c1-13(2)6-7-17-12-9(13)4-5-10(16-3)11(12)14-8-15/h4-5H,6-7H2,1-3H3. The fourth-order valence-electron chi connectivity index (χ4n) is 2.09. The van der Waals surface area contributed by atoms with E-state index in [9.17, 15) is 4.79 Å². The van der Waals surface area contributed by atoms with Gasteiger partial charge < -0.3 is 9.47 Å². The van der Waals surface area contributed by atoms with Crippen LogP contribution < -0.4 is 9.47 Å². The minimum absolute atomic E-state index is 0.0208. The number of methoxy groups -OCH3 is 1.